The van der Waals surface area contributed by atoms with Crippen molar-refractivity contribution >= 4 is 11.8 Å². The predicted octanol–water partition coefficient (Wildman–Crippen LogP) is 0.656. The van der Waals surface area contributed by atoms with E-state index in [0.29, 0.717) is 38.4 Å². The van der Waals surface area contributed by atoms with Gasteiger partial charge in [-0.25, -0.2) is 0 Å². The van der Waals surface area contributed by atoms with E-state index in [1.165, 1.54) is 0 Å². The molecule has 0 radical (unpaired) electrons. The Morgan fingerprint density at radius 2 is 2.28 bits per heavy atom. The van der Waals surface area contributed by atoms with Gasteiger partial charge in [-0.15, -0.1) is 0 Å². The van der Waals surface area contributed by atoms with Gasteiger partial charge in [-0.2, -0.15) is 5.10 Å². The average molecular weight is 343 g/mol. The fourth-order valence-corrected chi connectivity index (χ4v) is 2.73. The fourth-order valence-electron chi connectivity index (χ4n) is 2.73. The highest BCUT2D eigenvalue weighted by atomic mass is 16.5. The molecule has 0 atom stereocenters. The highest BCUT2D eigenvalue weighted by Gasteiger charge is 2.27. The first kappa shape index (κ1) is 17.1. The first-order chi connectivity index (χ1) is 12.2. The summed E-state index contributed by atoms with van der Waals surface area (Å²) in [6.07, 6.45) is 2.33. The average Bonchev–Trinajstić information content (AvgIpc) is 3.08. The number of nitrogens with one attached hydrogen (secondary N) is 2. The molecule has 2 N–H and O–H groups in total. The van der Waals surface area contributed by atoms with Gasteiger partial charge in [0.15, 0.2) is 5.69 Å². The SMILES string of the molecule is CCOCC(=O)N1CCc2[nH]nc(C(=O)NCc3ccccn3)c2C1. The highest BCUT2D eigenvalue weighted by Crippen LogP contribution is 2.20. The van der Waals surface area contributed by atoms with Crippen molar-refractivity contribution < 1.29 is 14.3 Å². The Bertz CT molecular complexity index is 744. The number of hydrogen-bond acceptors (Lipinski definition) is 5. The van der Waals surface area contributed by atoms with E-state index < -0.39 is 0 Å². The van der Waals surface area contributed by atoms with Crippen molar-refractivity contribution in [2.75, 3.05) is 19.8 Å². The zero-order valence-electron chi connectivity index (χ0n) is 14.1. The molecule has 132 valence electrons. The number of ether oxygens (including phenoxy) is 1. The van der Waals surface area contributed by atoms with Gasteiger partial charge in [0.25, 0.3) is 5.91 Å². The lowest BCUT2D eigenvalue weighted by Gasteiger charge is -2.27. The summed E-state index contributed by atoms with van der Waals surface area (Å²) in [6.45, 7) is 3.69. The summed E-state index contributed by atoms with van der Waals surface area (Å²) < 4.78 is 5.18. The van der Waals surface area contributed by atoms with E-state index in [9.17, 15) is 9.59 Å². The van der Waals surface area contributed by atoms with E-state index >= 15 is 0 Å². The van der Waals surface area contributed by atoms with Crippen molar-refractivity contribution in [2.24, 2.45) is 0 Å². The standard InChI is InChI=1S/C17H21N5O3/c1-2-25-11-15(23)22-8-6-14-13(10-22)16(21-20-14)17(24)19-9-12-5-3-4-7-18-12/h3-5,7H,2,6,8-11H2,1H3,(H,19,24)(H,20,21). The summed E-state index contributed by atoms with van der Waals surface area (Å²) in [6, 6.07) is 5.53. The Labute approximate surface area is 145 Å². The number of carbonyl (C=O) groups excluding carboxylic acids is 2. The van der Waals surface area contributed by atoms with Crippen LogP contribution >= 0.6 is 0 Å². The number of pyridine rings is 1. The van der Waals surface area contributed by atoms with Crippen molar-refractivity contribution in [1.82, 2.24) is 25.4 Å². The molecule has 3 heterocycles. The molecule has 0 saturated heterocycles. The number of aromatic nitrogens is 3. The zero-order valence-corrected chi connectivity index (χ0v) is 14.1. The smallest absolute Gasteiger partial charge is 0.272 e. The molecule has 1 aliphatic rings. The van der Waals surface area contributed by atoms with Gasteiger partial charge in [-0.1, -0.05) is 6.07 Å². The number of amides is 2. The van der Waals surface area contributed by atoms with Crippen LogP contribution in [0.2, 0.25) is 0 Å². The van der Waals surface area contributed by atoms with E-state index in [4.69, 9.17) is 4.74 Å². The molecule has 2 aromatic rings. The molecule has 8 heteroatoms. The third kappa shape index (κ3) is 4.03. The number of hydrogen-bond donors (Lipinski definition) is 2. The molecule has 2 aromatic heterocycles. The molecule has 3 rings (SSSR count). The Balaban J connectivity index is 1.65. The van der Waals surface area contributed by atoms with Crippen molar-refractivity contribution in [3.63, 3.8) is 0 Å². The second-order valence-electron chi connectivity index (χ2n) is 5.74. The van der Waals surface area contributed by atoms with E-state index in [1.54, 1.807) is 11.1 Å². The Morgan fingerprint density at radius 1 is 1.40 bits per heavy atom. The van der Waals surface area contributed by atoms with E-state index in [-0.39, 0.29) is 18.4 Å². The van der Waals surface area contributed by atoms with Crippen molar-refractivity contribution in [3.8, 4) is 0 Å². The molecule has 0 aliphatic carbocycles. The quantitative estimate of drug-likeness (QED) is 0.802. The Morgan fingerprint density at radius 3 is 3.04 bits per heavy atom. The van der Waals surface area contributed by atoms with Crippen LogP contribution in [0.5, 0.6) is 0 Å². The fraction of sp³-hybridized carbons (Fsp3) is 0.412. The second-order valence-corrected chi connectivity index (χ2v) is 5.74. The molecule has 25 heavy (non-hydrogen) atoms. The number of rotatable bonds is 6. The molecule has 1 aliphatic heterocycles. The van der Waals surface area contributed by atoms with Gasteiger partial charge in [0.2, 0.25) is 5.91 Å². The van der Waals surface area contributed by atoms with E-state index in [2.05, 4.69) is 20.5 Å². The number of H-pyrrole nitrogens is 1. The number of fused-ring (bicyclic) bond motifs is 1. The molecule has 0 aromatic carbocycles. The van der Waals surface area contributed by atoms with Crippen molar-refractivity contribution in [3.05, 3.63) is 47.0 Å². The monoisotopic (exact) mass is 343 g/mol. The predicted molar refractivity (Wildman–Crippen MR) is 89.6 cm³/mol. The molecular weight excluding hydrogens is 322 g/mol. The van der Waals surface area contributed by atoms with Crippen LogP contribution in [0.4, 0.5) is 0 Å². The minimum absolute atomic E-state index is 0.0604. The van der Waals surface area contributed by atoms with Crippen LogP contribution in [0, 0.1) is 0 Å². The lowest BCUT2D eigenvalue weighted by Crippen LogP contribution is -2.39. The summed E-state index contributed by atoms with van der Waals surface area (Å²) in [5.74, 6) is -0.351. The number of aromatic amines is 1. The Hall–Kier alpha value is -2.74. The topological polar surface area (TPSA) is 100 Å². The summed E-state index contributed by atoms with van der Waals surface area (Å²) in [4.78, 5) is 30.5. The van der Waals surface area contributed by atoms with Crippen LogP contribution in [0.1, 0.15) is 34.4 Å². The van der Waals surface area contributed by atoms with E-state index in [1.807, 2.05) is 25.1 Å². The summed E-state index contributed by atoms with van der Waals surface area (Å²) >= 11 is 0. The van der Waals surface area contributed by atoms with Gasteiger partial charge in [-0.05, 0) is 19.1 Å². The number of carbonyl (C=O) groups is 2. The molecule has 8 nitrogen and oxygen atoms in total. The third-order valence-corrected chi connectivity index (χ3v) is 4.09. The van der Waals surface area contributed by atoms with Gasteiger partial charge >= 0.3 is 0 Å². The molecule has 0 spiro atoms. The van der Waals surface area contributed by atoms with Crippen molar-refractivity contribution in [1.29, 1.82) is 0 Å². The maximum atomic E-state index is 12.5. The van der Waals surface area contributed by atoms with Crippen LogP contribution in [0.3, 0.4) is 0 Å². The van der Waals surface area contributed by atoms with Crippen LogP contribution < -0.4 is 5.32 Å². The van der Waals surface area contributed by atoms with Crippen LogP contribution in [0.25, 0.3) is 0 Å². The molecule has 0 fully saturated rings. The molecule has 0 bridgehead atoms. The zero-order chi connectivity index (χ0) is 17.6. The summed E-state index contributed by atoms with van der Waals surface area (Å²) in [5, 5.41) is 9.87. The normalized spacial score (nSPS) is 13.4. The van der Waals surface area contributed by atoms with Gasteiger partial charge in [0.05, 0.1) is 12.2 Å². The first-order valence-electron chi connectivity index (χ1n) is 8.28. The van der Waals surface area contributed by atoms with E-state index in [0.717, 1.165) is 17.0 Å². The maximum Gasteiger partial charge on any atom is 0.272 e. The largest absolute Gasteiger partial charge is 0.372 e. The molecule has 0 unspecified atom stereocenters. The van der Waals surface area contributed by atoms with Crippen LogP contribution in [-0.4, -0.2) is 51.7 Å². The second kappa shape index (κ2) is 7.89. The lowest BCUT2D eigenvalue weighted by atomic mass is 10.0. The lowest BCUT2D eigenvalue weighted by molar-refractivity contribution is -0.136. The minimum atomic E-state index is -0.276. The number of nitrogens with zero attached hydrogens (tertiary/aromatic N) is 3. The molecule has 0 saturated carbocycles. The Kier molecular flexibility index (Phi) is 5.39. The minimum Gasteiger partial charge on any atom is -0.372 e. The summed E-state index contributed by atoms with van der Waals surface area (Å²) in [5.41, 5.74) is 2.78. The third-order valence-electron chi connectivity index (χ3n) is 4.09. The van der Waals surface area contributed by atoms with Gasteiger partial charge < -0.3 is 15.0 Å². The maximum absolute atomic E-state index is 12.5. The van der Waals surface area contributed by atoms with Crippen LogP contribution in [0.15, 0.2) is 24.4 Å². The van der Waals surface area contributed by atoms with Gasteiger partial charge in [-0.3, -0.25) is 19.7 Å². The first-order valence-corrected chi connectivity index (χ1v) is 8.28. The van der Waals surface area contributed by atoms with Crippen molar-refractivity contribution in [2.45, 2.75) is 26.4 Å². The molecule has 2 amide bonds. The van der Waals surface area contributed by atoms with Gasteiger partial charge in [0.1, 0.15) is 6.61 Å². The highest BCUT2D eigenvalue weighted by molar-refractivity contribution is 5.94. The van der Waals surface area contributed by atoms with Crippen LogP contribution in [-0.2, 0) is 29.0 Å². The molecular formula is C17H21N5O3. The van der Waals surface area contributed by atoms with Gasteiger partial charge in [0, 0.05) is 43.6 Å². The summed E-state index contributed by atoms with van der Waals surface area (Å²) in [7, 11) is 0.